The average molecular weight is 322 g/mol. The van der Waals surface area contributed by atoms with Crippen LogP contribution in [0.2, 0.25) is 0 Å². The first-order valence-corrected chi connectivity index (χ1v) is 8.53. The van der Waals surface area contributed by atoms with E-state index >= 15 is 0 Å². The molecule has 7 nitrogen and oxygen atoms in total. The highest BCUT2D eigenvalue weighted by molar-refractivity contribution is 7.54. The molecular weight excluding hydrogens is 298 g/mol. The maximum absolute atomic E-state index is 12.3. The maximum Gasteiger partial charge on any atom is 0.359 e. The Labute approximate surface area is 126 Å². The van der Waals surface area contributed by atoms with Gasteiger partial charge in [-0.3, -0.25) is 9.09 Å². The van der Waals surface area contributed by atoms with Gasteiger partial charge in [-0.1, -0.05) is 13.8 Å². The van der Waals surface area contributed by atoms with Crippen LogP contribution in [-0.2, 0) is 13.8 Å². The van der Waals surface area contributed by atoms with Crippen molar-refractivity contribution in [2.75, 3.05) is 0 Å². The van der Waals surface area contributed by atoms with Crippen molar-refractivity contribution in [1.82, 2.24) is 0 Å². The van der Waals surface area contributed by atoms with E-state index in [-0.39, 0.29) is 12.8 Å². The maximum atomic E-state index is 12.3. The highest BCUT2D eigenvalue weighted by atomic mass is 31.2. The van der Waals surface area contributed by atoms with Crippen molar-refractivity contribution in [2.24, 2.45) is 0 Å². The predicted molar refractivity (Wildman–Crippen MR) is 76.9 cm³/mol. The molecule has 0 saturated carbocycles. The van der Waals surface area contributed by atoms with Crippen LogP contribution in [0.5, 0.6) is 0 Å². The third-order valence-corrected chi connectivity index (χ3v) is 6.41. The lowest BCUT2D eigenvalue weighted by atomic mass is 9.88. The monoisotopic (exact) mass is 322 g/mol. The Morgan fingerprint density at radius 2 is 1.76 bits per heavy atom. The van der Waals surface area contributed by atoms with Crippen molar-refractivity contribution < 1.29 is 34.0 Å². The molecule has 0 amide bonds. The number of aliphatic hydroxyl groups is 3. The number of rotatable bonds is 6. The van der Waals surface area contributed by atoms with Gasteiger partial charge in [0.05, 0.1) is 6.10 Å². The summed E-state index contributed by atoms with van der Waals surface area (Å²) in [5.74, 6) is 0. The van der Waals surface area contributed by atoms with Crippen LogP contribution in [0.1, 0.15) is 40.5 Å². The van der Waals surface area contributed by atoms with E-state index in [0.717, 1.165) is 0 Å². The first kappa shape index (κ1) is 19.1. The molecule has 1 fully saturated rings. The Hall–Kier alpha value is 0.0549. The second-order valence-corrected chi connectivity index (χ2v) is 8.04. The molecule has 21 heavy (non-hydrogen) atoms. The first-order chi connectivity index (χ1) is 9.42. The predicted octanol–water partition coefficient (Wildman–Crippen LogP) is 0.0908. The van der Waals surface area contributed by atoms with Crippen molar-refractivity contribution in [2.45, 2.75) is 75.8 Å². The van der Waals surface area contributed by atoms with E-state index in [1.54, 1.807) is 13.8 Å². The standard InChI is InChI=1S/C12H24BO7P/c1-5-11(3,9-7(14)8(15)10(13)19-9)20-21(17,18)12(4,16)6-2/h7-10,14-16H,5-6H2,1-4H3,(H,17,18). The summed E-state index contributed by atoms with van der Waals surface area (Å²) in [5.41, 5.74) is -1.39. The van der Waals surface area contributed by atoms with Gasteiger partial charge in [0.1, 0.15) is 25.7 Å². The molecule has 1 rings (SSSR count). The molecule has 0 aromatic rings. The summed E-state index contributed by atoms with van der Waals surface area (Å²) in [6.45, 7) is 5.90. The lowest BCUT2D eigenvalue weighted by Gasteiger charge is -2.40. The number of aliphatic hydroxyl groups excluding tert-OH is 2. The third kappa shape index (κ3) is 3.53. The summed E-state index contributed by atoms with van der Waals surface area (Å²) in [7, 11) is 1.11. The summed E-state index contributed by atoms with van der Waals surface area (Å²) in [5, 5.41) is 27.7. The van der Waals surface area contributed by atoms with Gasteiger partial charge < -0.3 is 24.9 Å². The van der Waals surface area contributed by atoms with Gasteiger partial charge in [-0.05, 0) is 26.7 Å². The molecule has 0 aromatic heterocycles. The second-order valence-electron chi connectivity index (χ2n) is 5.85. The van der Waals surface area contributed by atoms with Gasteiger partial charge in [-0.15, -0.1) is 0 Å². The average Bonchev–Trinajstić information content (AvgIpc) is 2.66. The van der Waals surface area contributed by atoms with Crippen LogP contribution in [0, 0.1) is 0 Å². The van der Waals surface area contributed by atoms with E-state index < -0.39 is 42.9 Å². The fraction of sp³-hybridized carbons (Fsp3) is 1.00. The van der Waals surface area contributed by atoms with E-state index in [4.69, 9.17) is 17.1 Å². The van der Waals surface area contributed by atoms with Crippen LogP contribution in [0.4, 0.5) is 0 Å². The minimum absolute atomic E-state index is 0.0107. The van der Waals surface area contributed by atoms with E-state index in [2.05, 4.69) is 0 Å². The molecule has 7 unspecified atom stereocenters. The van der Waals surface area contributed by atoms with Crippen molar-refractivity contribution in [3.63, 3.8) is 0 Å². The molecule has 0 aromatic carbocycles. The molecule has 0 spiro atoms. The largest absolute Gasteiger partial charge is 0.388 e. The molecule has 2 radical (unpaired) electrons. The third-order valence-electron chi connectivity index (χ3n) is 4.22. The summed E-state index contributed by atoms with van der Waals surface area (Å²) >= 11 is 0. The lowest BCUT2D eigenvalue weighted by molar-refractivity contribution is -0.108. The highest BCUT2D eigenvalue weighted by Gasteiger charge is 2.54. The normalized spacial score (nSPS) is 38.5. The SMILES string of the molecule is [B]C1OC(C(C)(CC)OP(=O)(O)C(C)(O)CC)C(O)C1O. The van der Waals surface area contributed by atoms with E-state index in [1.807, 2.05) is 0 Å². The summed E-state index contributed by atoms with van der Waals surface area (Å²) in [4.78, 5) is 10.0. The Morgan fingerprint density at radius 3 is 2.10 bits per heavy atom. The number of ether oxygens (including phenoxy) is 1. The minimum atomic E-state index is -4.41. The highest BCUT2D eigenvalue weighted by Crippen LogP contribution is 2.59. The van der Waals surface area contributed by atoms with Gasteiger partial charge in [0.25, 0.3) is 0 Å². The van der Waals surface area contributed by atoms with Crippen LogP contribution in [0.3, 0.4) is 0 Å². The van der Waals surface area contributed by atoms with Crippen molar-refractivity contribution >= 4 is 15.4 Å². The number of hydrogen-bond donors (Lipinski definition) is 4. The van der Waals surface area contributed by atoms with Crippen LogP contribution < -0.4 is 0 Å². The topological polar surface area (TPSA) is 116 Å². The molecule has 1 heterocycles. The van der Waals surface area contributed by atoms with Gasteiger partial charge in [0, 0.05) is 6.00 Å². The smallest absolute Gasteiger partial charge is 0.359 e. The summed E-state index contributed by atoms with van der Waals surface area (Å²) < 4.78 is 22.9. The number of hydrogen-bond acceptors (Lipinski definition) is 6. The lowest BCUT2D eigenvalue weighted by Crippen LogP contribution is -2.49. The summed E-state index contributed by atoms with van der Waals surface area (Å²) in [6, 6.07) is -1.11. The molecular formula is C12H24BO7P. The molecule has 0 bridgehead atoms. The quantitative estimate of drug-likeness (QED) is 0.404. The fourth-order valence-electron chi connectivity index (χ4n) is 2.11. The van der Waals surface area contributed by atoms with Crippen molar-refractivity contribution in [1.29, 1.82) is 0 Å². The van der Waals surface area contributed by atoms with Crippen LogP contribution in [-0.4, -0.2) is 63.3 Å². The first-order valence-electron chi connectivity index (χ1n) is 6.95. The molecule has 1 aliphatic heterocycles. The molecule has 1 aliphatic rings. The molecule has 9 heteroatoms. The molecule has 4 N–H and O–H groups in total. The van der Waals surface area contributed by atoms with Crippen LogP contribution in [0.25, 0.3) is 0 Å². The molecule has 0 aliphatic carbocycles. The van der Waals surface area contributed by atoms with Gasteiger partial charge in [0.15, 0.2) is 5.34 Å². The van der Waals surface area contributed by atoms with E-state index in [1.165, 1.54) is 13.8 Å². The van der Waals surface area contributed by atoms with E-state index in [9.17, 15) is 24.8 Å². The fourth-order valence-corrected chi connectivity index (χ4v) is 3.50. The Morgan fingerprint density at radius 1 is 1.24 bits per heavy atom. The van der Waals surface area contributed by atoms with Crippen LogP contribution in [0.15, 0.2) is 0 Å². The van der Waals surface area contributed by atoms with Crippen molar-refractivity contribution in [3.8, 4) is 0 Å². The second kappa shape index (κ2) is 6.28. The Kier molecular flexibility index (Phi) is 5.71. The zero-order valence-corrected chi connectivity index (χ0v) is 13.7. The Balaban J connectivity index is 3.04. The van der Waals surface area contributed by atoms with E-state index in [0.29, 0.717) is 0 Å². The molecule has 1 saturated heterocycles. The van der Waals surface area contributed by atoms with Gasteiger partial charge in [-0.25, -0.2) is 0 Å². The van der Waals surface area contributed by atoms with Gasteiger partial charge in [-0.2, -0.15) is 0 Å². The zero-order valence-electron chi connectivity index (χ0n) is 12.8. The van der Waals surface area contributed by atoms with Crippen molar-refractivity contribution in [3.05, 3.63) is 0 Å². The zero-order chi connectivity index (χ0) is 16.6. The van der Waals surface area contributed by atoms with Crippen LogP contribution >= 0.6 is 7.60 Å². The van der Waals surface area contributed by atoms with Gasteiger partial charge in [0.2, 0.25) is 0 Å². The summed E-state index contributed by atoms with van der Waals surface area (Å²) in [6.07, 6.45) is -3.53. The minimum Gasteiger partial charge on any atom is -0.388 e. The molecule has 7 atom stereocenters. The molecule has 122 valence electrons. The van der Waals surface area contributed by atoms with Gasteiger partial charge >= 0.3 is 7.60 Å². The Bertz CT molecular complexity index is 418.